The third-order valence-electron chi connectivity index (χ3n) is 5.33. The Bertz CT molecular complexity index is 1170. The number of hydrogen-bond acceptors (Lipinski definition) is 5. The van der Waals surface area contributed by atoms with Crippen LogP contribution in [0.1, 0.15) is 28.9 Å². The molecule has 1 saturated heterocycles. The molecule has 0 unspecified atom stereocenters. The second-order valence-electron chi connectivity index (χ2n) is 7.31. The van der Waals surface area contributed by atoms with Gasteiger partial charge in [0.2, 0.25) is 10.0 Å². The summed E-state index contributed by atoms with van der Waals surface area (Å²) in [5.74, 6) is 0.100. The molecule has 0 bridgehead atoms. The standard InChI is InChI=1S/C23H24N2O4S2/c1-29-21-11-10-18(31(27,28)25-13-6-3-7-14-25)16-20(21)24-23(26)22-19(12-15-30-22)17-8-4-2-5-9-17/h2,4-5,8-12,15-16H,3,6-7,13-14H2,1H3,(H,24,26). The van der Waals surface area contributed by atoms with Crippen LogP contribution in [0.4, 0.5) is 5.69 Å². The molecular weight excluding hydrogens is 432 g/mol. The minimum atomic E-state index is -3.62. The SMILES string of the molecule is COc1ccc(S(=O)(=O)N2CCCCC2)cc1NC(=O)c1sccc1-c1ccccc1. The number of rotatable bonds is 6. The lowest BCUT2D eigenvalue weighted by Crippen LogP contribution is -2.35. The maximum absolute atomic E-state index is 13.1. The Morgan fingerprint density at radius 2 is 1.77 bits per heavy atom. The summed E-state index contributed by atoms with van der Waals surface area (Å²) in [6, 6.07) is 16.2. The van der Waals surface area contributed by atoms with Crippen LogP contribution < -0.4 is 10.1 Å². The highest BCUT2D eigenvalue weighted by atomic mass is 32.2. The van der Waals surface area contributed by atoms with E-state index in [1.54, 1.807) is 6.07 Å². The molecule has 1 aliphatic rings. The summed E-state index contributed by atoms with van der Waals surface area (Å²) in [6.07, 6.45) is 2.76. The Morgan fingerprint density at radius 3 is 2.48 bits per heavy atom. The van der Waals surface area contributed by atoms with E-state index in [9.17, 15) is 13.2 Å². The van der Waals surface area contributed by atoms with Gasteiger partial charge in [-0.05, 0) is 48.1 Å². The zero-order valence-corrected chi connectivity index (χ0v) is 18.8. The van der Waals surface area contributed by atoms with Crippen LogP contribution >= 0.6 is 11.3 Å². The summed E-state index contributed by atoms with van der Waals surface area (Å²) >= 11 is 1.34. The van der Waals surface area contributed by atoms with E-state index in [2.05, 4.69) is 5.32 Å². The van der Waals surface area contributed by atoms with Gasteiger partial charge in [-0.25, -0.2) is 8.42 Å². The number of anilines is 1. The largest absolute Gasteiger partial charge is 0.495 e. The van der Waals surface area contributed by atoms with Crippen molar-refractivity contribution in [3.63, 3.8) is 0 Å². The third-order valence-corrected chi connectivity index (χ3v) is 8.14. The Labute approximate surface area is 186 Å². The summed E-state index contributed by atoms with van der Waals surface area (Å²) in [4.78, 5) is 13.8. The number of carbonyl (C=O) groups excluding carboxylic acids is 1. The van der Waals surface area contributed by atoms with E-state index in [-0.39, 0.29) is 10.8 Å². The molecule has 162 valence electrons. The van der Waals surface area contributed by atoms with Gasteiger partial charge in [-0.3, -0.25) is 4.79 Å². The molecule has 1 aromatic heterocycles. The van der Waals surface area contributed by atoms with E-state index in [1.165, 1.54) is 34.9 Å². The summed E-state index contributed by atoms with van der Waals surface area (Å²) in [5.41, 5.74) is 2.11. The van der Waals surface area contributed by atoms with Gasteiger partial charge in [-0.15, -0.1) is 11.3 Å². The minimum absolute atomic E-state index is 0.153. The Balaban J connectivity index is 1.64. The highest BCUT2D eigenvalue weighted by molar-refractivity contribution is 7.89. The van der Waals surface area contributed by atoms with Gasteiger partial charge >= 0.3 is 0 Å². The smallest absolute Gasteiger partial charge is 0.266 e. The average molecular weight is 457 g/mol. The number of benzene rings is 2. The van der Waals surface area contributed by atoms with E-state index in [0.717, 1.165) is 30.4 Å². The molecule has 4 rings (SSSR count). The number of amides is 1. The average Bonchev–Trinajstić information content (AvgIpc) is 3.30. The molecule has 1 aliphatic heterocycles. The monoisotopic (exact) mass is 456 g/mol. The number of nitrogens with one attached hydrogen (secondary N) is 1. The molecule has 1 N–H and O–H groups in total. The van der Waals surface area contributed by atoms with E-state index < -0.39 is 10.0 Å². The Hall–Kier alpha value is -2.68. The van der Waals surface area contributed by atoms with Gasteiger partial charge in [0.15, 0.2) is 0 Å². The van der Waals surface area contributed by atoms with Gasteiger partial charge in [0, 0.05) is 18.7 Å². The second kappa shape index (κ2) is 9.21. The van der Waals surface area contributed by atoms with Crippen molar-refractivity contribution in [2.24, 2.45) is 0 Å². The zero-order valence-electron chi connectivity index (χ0n) is 17.2. The van der Waals surface area contributed by atoms with Crippen molar-refractivity contribution in [1.29, 1.82) is 0 Å². The highest BCUT2D eigenvalue weighted by Gasteiger charge is 2.27. The number of thiophene rings is 1. The topological polar surface area (TPSA) is 75.7 Å². The van der Waals surface area contributed by atoms with Gasteiger partial charge in [0.05, 0.1) is 22.6 Å². The third kappa shape index (κ3) is 4.51. The number of ether oxygens (including phenoxy) is 1. The van der Waals surface area contributed by atoms with E-state index in [0.29, 0.717) is 29.4 Å². The summed E-state index contributed by atoms with van der Waals surface area (Å²) in [6.45, 7) is 1.04. The molecule has 0 aliphatic carbocycles. The molecule has 0 spiro atoms. The van der Waals surface area contributed by atoms with Crippen molar-refractivity contribution < 1.29 is 17.9 Å². The number of piperidine rings is 1. The van der Waals surface area contributed by atoms with Crippen LogP contribution in [0.15, 0.2) is 64.9 Å². The first-order valence-corrected chi connectivity index (χ1v) is 12.4. The first kappa shape index (κ1) is 21.5. The van der Waals surface area contributed by atoms with Crippen LogP contribution in [0.2, 0.25) is 0 Å². The summed E-state index contributed by atoms with van der Waals surface area (Å²) in [5, 5.41) is 4.72. The van der Waals surface area contributed by atoms with Crippen molar-refractivity contribution >= 4 is 33.0 Å². The number of sulfonamides is 1. The first-order chi connectivity index (χ1) is 15.0. The maximum Gasteiger partial charge on any atom is 0.266 e. The fourth-order valence-electron chi connectivity index (χ4n) is 3.71. The van der Waals surface area contributed by atoms with Crippen LogP contribution in [-0.2, 0) is 10.0 Å². The van der Waals surface area contributed by atoms with Gasteiger partial charge < -0.3 is 10.1 Å². The normalized spacial score (nSPS) is 14.9. The Kier molecular flexibility index (Phi) is 6.41. The van der Waals surface area contributed by atoms with Crippen molar-refractivity contribution in [3.05, 3.63) is 64.9 Å². The molecule has 8 heteroatoms. The number of methoxy groups -OCH3 is 1. The lowest BCUT2D eigenvalue weighted by molar-refractivity contribution is 0.103. The second-order valence-corrected chi connectivity index (χ2v) is 10.2. The number of carbonyl (C=O) groups is 1. The molecule has 1 fully saturated rings. The quantitative estimate of drug-likeness (QED) is 0.575. The van der Waals surface area contributed by atoms with Gasteiger partial charge in [-0.2, -0.15) is 4.31 Å². The molecule has 0 saturated carbocycles. The molecule has 1 amide bonds. The molecule has 0 radical (unpaired) electrons. The molecule has 31 heavy (non-hydrogen) atoms. The van der Waals surface area contributed by atoms with Crippen LogP contribution in [0.5, 0.6) is 5.75 Å². The van der Waals surface area contributed by atoms with E-state index in [1.807, 2.05) is 41.8 Å². The van der Waals surface area contributed by atoms with Gasteiger partial charge in [0.1, 0.15) is 5.75 Å². The maximum atomic E-state index is 13.1. The van der Waals surface area contributed by atoms with Crippen molar-refractivity contribution in [1.82, 2.24) is 4.31 Å². The lowest BCUT2D eigenvalue weighted by atomic mass is 10.1. The molecule has 3 aromatic rings. The van der Waals surface area contributed by atoms with Crippen LogP contribution in [0.25, 0.3) is 11.1 Å². The predicted octanol–water partition coefficient (Wildman–Crippen LogP) is 4.85. The molecule has 0 atom stereocenters. The van der Waals surface area contributed by atoms with Crippen LogP contribution in [0, 0.1) is 0 Å². The fraction of sp³-hybridized carbons (Fsp3) is 0.261. The van der Waals surface area contributed by atoms with Crippen molar-refractivity contribution in [3.8, 4) is 16.9 Å². The summed E-state index contributed by atoms with van der Waals surface area (Å²) < 4.78 is 33.0. The molecule has 2 aromatic carbocycles. The van der Waals surface area contributed by atoms with E-state index >= 15 is 0 Å². The van der Waals surface area contributed by atoms with Crippen LogP contribution in [-0.4, -0.2) is 38.8 Å². The lowest BCUT2D eigenvalue weighted by Gasteiger charge is -2.26. The Morgan fingerprint density at radius 1 is 1.03 bits per heavy atom. The van der Waals surface area contributed by atoms with Gasteiger partial charge in [0.25, 0.3) is 5.91 Å². The number of hydrogen-bond donors (Lipinski definition) is 1. The minimum Gasteiger partial charge on any atom is -0.495 e. The fourth-order valence-corrected chi connectivity index (χ4v) is 6.06. The molecule has 2 heterocycles. The van der Waals surface area contributed by atoms with Crippen molar-refractivity contribution in [2.45, 2.75) is 24.2 Å². The number of nitrogens with zero attached hydrogens (tertiary/aromatic N) is 1. The van der Waals surface area contributed by atoms with Crippen LogP contribution in [0.3, 0.4) is 0 Å². The molecule has 6 nitrogen and oxygen atoms in total. The van der Waals surface area contributed by atoms with Gasteiger partial charge in [-0.1, -0.05) is 36.8 Å². The first-order valence-electron chi connectivity index (χ1n) is 10.1. The highest BCUT2D eigenvalue weighted by Crippen LogP contribution is 2.33. The summed E-state index contributed by atoms with van der Waals surface area (Å²) in [7, 11) is -2.13. The van der Waals surface area contributed by atoms with E-state index in [4.69, 9.17) is 4.74 Å². The molecular formula is C23H24N2O4S2. The van der Waals surface area contributed by atoms with Crippen molar-refractivity contribution in [2.75, 3.05) is 25.5 Å². The predicted molar refractivity (Wildman–Crippen MR) is 123 cm³/mol. The zero-order chi connectivity index (χ0) is 21.8.